The van der Waals surface area contributed by atoms with Gasteiger partial charge < -0.3 is 5.21 Å². The highest BCUT2D eigenvalue weighted by Gasteiger charge is 2.36. The summed E-state index contributed by atoms with van der Waals surface area (Å²) < 4.78 is 0. The van der Waals surface area contributed by atoms with Gasteiger partial charge >= 0.3 is 0 Å². The van der Waals surface area contributed by atoms with Crippen LogP contribution in [0, 0.1) is 5.41 Å². The van der Waals surface area contributed by atoms with Gasteiger partial charge in [0.15, 0.2) is 0 Å². The Bertz CT molecular complexity index is 456. The van der Waals surface area contributed by atoms with Crippen molar-refractivity contribution in [2.45, 2.75) is 39.5 Å². The molecular weight excluding hydrogens is 206 g/mol. The first-order chi connectivity index (χ1) is 7.11. The first kappa shape index (κ1) is 9.40. The van der Waals surface area contributed by atoms with Crippen molar-refractivity contribution in [2.75, 3.05) is 0 Å². The summed E-state index contributed by atoms with van der Waals surface area (Å²) in [6, 6.07) is 0. The van der Waals surface area contributed by atoms with E-state index in [2.05, 4.69) is 19.0 Å². The van der Waals surface area contributed by atoms with Crippen LogP contribution in [0.25, 0.3) is 0 Å². The van der Waals surface area contributed by atoms with Gasteiger partial charge in [-0.05, 0) is 42.2 Å². The summed E-state index contributed by atoms with van der Waals surface area (Å²) in [6.07, 6.45) is 4.40. The molecule has 0 atom stereocenters. The fourth-order valence-electron chi connectivity index (χ4n) is 2.83. The van der Waals surface area contributed by atoms with Gasteiger partial charge in [-0.2, -0.15) is 0 Å². The van der Waals surface area contributed by atoms with E-state index in [0.717, 1.165) is 18.6 Å². The van der Waals surface area contributed by atoms with Crippen molar-refractivity contribution in [1.29, 1.82) is 0 Å². The molecule has 2 aliphatic carbocycles. The van der Waals surface area contributed by atoms with Crippen LogP contribution >= 0.6 is 11.3 Å². The molecule has 1 N–H and O–H groups in total. The predicted molar refractivity (Wildman–Crippen MR) is 62.2 cm³/mol. The van der Waals surface area contributed by atoms with Crippen LogP contribution in [0.1, 0.15) is 41.1 Å². The van der Waals surface area contributed by atoms with E-state index in [0.29, 0.717) is 5.41 Å². The average Bonchev–Trinajstić information content (AvgIpc) is 2.73. The van der Waals surface area contributed by atoms with Crippen LogP contribution in [0.3, 0.4) is 0 Å². The molecule has 0 radical (unpaired) electrons. The Morgan fingerprint density at radius 1 is 1.20 bits per heavy atom. The zero-order valence-corrected chi connectivity index (χ0v) is 9.95. The average molecular weight is 221 g/mol. The quantitative estimate of drug-likeness (QED) is 0.530. The summed E-state index contributed by atoms with van der Waals surface area (Å²) in [5.74, 6) is 0. The van der Waals surface area contributed by atoms with Crippen molar-refractivity contribution < 1.29 is 5.21 Å². The van der Waals surface area contributed by atoms with Crippen LogP contribution in [0.2, 0.25) is 0 Å². The molecule has 0 aliphatic heterocycles. The summed E-state index contributed by atoms with van der Waals surface area (Å²) in [7, 11) is 0. The molecule has 0 aromatic carbocycles. The summed E-state index contributed by atoms with van der Waals surface area (Å²) in [4.78, 5) is 2.80. The smallest absolute Gasteiger partial charge is 0.0973 e. The number of fused-ring (bicyclic) bond motifs is 3. The number of hydrogen-bond donors (Lipinski definition) is 1. The van der Waals surface area contributed by atoms with Gasteiger partial charge in [-0.25, -0.2) is 0 Å². The SMILES string of the molecule is CC1(C)Cc2sc3c(c2C1)CCC3=NO. The normalized spacial score (nSPS) is 24.5. The molecule has 80 valence electrons. The summed E-state index contributed by atoms with van der Waals surface area (Å²) in [6.45, 7) is 4.67. The largest absolute Gasteiger partial charge is 0.411 e. The second-order valence-electron chi connectivity index (χ2n) is 5.38. The Balaban J connectivity index is 2.10. The Kier molecular flexibility index (Phi) is 1.78. The summed E-state index contributed by atoms with van der Waals surface area (Å²) in [5, 5.41) is 12.3. The Hall–Kier alpha value is -0.830. The Labute approximate surface area is 93.6 Å². The van der Waals surface area contributed by atoms with Gasteiger partial charge in [-0.1, -0.05) is 19.0 Å². The van der Waals surface area contributed by atoms with E-state index in [-0.39, 0.29) is 0 Å². The molecule has 15 heavy (non-hydrogen) atoms. The molecule has 0 amide bonds. The van der Waals surface area contributed by atoms with Crippen molar-refractivity contribution in [1.82, 2.24) is 0 Å². The third kappa shape index (κ3) is 1.26. The molecule has 1 aromatic rings. The fraction of sp³-hybridized carbons (Fsp3) is 0.583. The van der Waals surface area contributed by atoms with E-state index in [1.54, 1.807) is 5.56 Å². The zero-order valence-electron chi connectivity index (χ0n) is 9.13. The van der Waals surface area contributed by atoms with Gasteiger partial charge in [0.1, 0.15) is 0 Å². The second kappa shape index (κ2) is 2.85. The van der Waals surface area contributed by atoms with Gasteiger partial charge in [0.25, 0.3) is 0 Å². The van der Waals surface area contributed by atoms with Crippen molar-refractivity contribution in [3.05, 3.63) is 20.9 Å². The van der Waals surface area contributed by atoms with Crippen LogP contribution in [0.4, 0.5) is 0 Å². The minimum Gasteiger partial charge on any atom is -0.411 e. The van der Waals surface area contributed by atoms with E-state index >= 15 is 0 Å². The molecule has 0 fully saturated rings. The van der Waals surface area contributed by atoms with Gasteiger partial charge in [-0.15, -0.1) is 11.3 Å². The maximum Gasteiger partial charge on any atom is 0.0973 e. The first-order valence-corrected chi connectivity index (χ1v) is 6.27. The molecule has 2 aliphatic rings. The lowest BCUT2D eigenvalue weighted by atomic mass is 9.90. The van der Waals surface area contributed by atoms with E-state index in [4.69, 9.17) is 5.21 Å². The molecule has 0 spiro atoms. The molecule has 0 saturated heterocycles. The lowest BCUT2D eigenvalue weighted by molar-refractivity contribution is 0.318. The molecule has 0 bridgehead atoms. The molecule has 3 rings (SSSR count). The number of hydrogen-bond acceptors (Lipinski definition) is 3. The highest BCUT2D eigenvalue weighted by Crippen LogP contribution is 2.46. The van der Waals surface area contributed by atoms with Gasteiger partial charge in [-0.3, -0.25) is 0 Å². The lowest BCUT2D eigenvalue weighted by Gasteiger charge is -2.15. The third-order valence-electron chi connectivity index (χ3n) is 3.49. The van der Waals surface area contributed by atoms with Crippen LogP contribution in [-0.2, 0) is 19.3 Å². The molecule has 0 unspecified atom stereocenters. The molecule has 0 saturated carbocycles. The Morgan fingerprint density at radius 3 is 2.73 bits per heavy atom. The minimum atomic E-state index is 0.440. The Morgan fingerprint density at radius 2 is 2.00 bits per heavy atom. The van der Waals surface area contributed by atoms with E-state index < -0.39 is 0 Å². The van der Waals surface area contributed by atoms with Crippen molar-refractivity contribution >= 4 is 17.0 Å². The third-order valence-corrected chi connectivity index (χ3v) is 4.81. The number of rotatable bonds is 0. The van der Waals surface area contributed by atoms with Crippen LogP contribution in [-0.4, -0.2) is 10.9 Å². The van der Waals surface area contributed by atoms with Crippen LogP contribution < -0.4 is 0 Å². The highest BCUT2D eigenvalue weighted by atomic mass is 32.1. The van der Waals surface area contributed by atoms with Crippen molar-refractivity contribution in [3.8, 4) is 0 Å². The van der Waals surface area contributed by atoms with E-state index in [9.17, 15) is 0 Å². The molecule has 1 aromatic heterocycles. The monoisotopic (exact) mass is 221 g/mol. The molecule has 2 nitrogen and oxygen atoms in total. The number of nitrogens with zero attached hydrogens (tertiary/aromatic N) is 1. The van der Waals surface area contributed by atoms with Gasteiger partial charge in [0.2, 0.25) is 0 Å². The standard InChI is InChI=1S/C12H15NOS/c1-12(2)5-8-7-3-4-9(13-14)11(7)15-10(8)6-12/h14H,3-6H2,1-2H3. The predicted octanol–water partition coefficient (Wildman–Crippen LogP) is 3.00. The summed E-state index contributed by atoms with van der Waals surface area (Å²) >= 11 is 1.86. The van der Waals surface area contributed by atoms with E-state index in [1.807, 2.05) is 11.3 Å². The van der Waals surface area contributed by atoms with Gasteiger partial charge in [0.05, 0.1) is 10.6 Å². The maximum absolute atomic E-state index is 8.90. The van der Waals surface area contributed by atoms with E-state index in [1.165, 1.54) is 28.2 Å². The first-order valence-electron chi connectivity index (χ1n) is 5.45. The topological polar surface area (TPSA) is 32.6 Å². The van der Waals surface area contributed by atoms with Crippen molar-refractivity contribution in [3.63, 3.8) is 0 Å². The number of oxime groups is 1. The molecule has 1 heterocycles. The highest BCUT2D eigenvalue weighted by molar-refractivity contribution is 7.14. The zero-order chi connectivity index (χ0) is 10.6. The second-order valence-corrected chi connectivity index (χ2v) is 6.48. The molecular formula is C12H15NOS. The summed E-state index contributed by atoms with van der Waals surface area (Å²) in [5.41, 5.74) is 4.39. The maximum atomic E-state index is 8.90. The minimum absolute atomic E-state index is 0.440. The van der Waals surface area contributed by atoms with Crippen LogP contribution in [0.5, 0.6) is 0 Å². The fourth-order valence-corrected chi connectivity index (χ4v) is 4.46. The van der Waals surface area contributed by atoms with Crippen LogP contribution in [0.15, 0.2) is 5.16 Å². The number of thiophene rings is 1. The lowest BCUT2D eigenvalue weighted by Crippen LogP contribution is -2.10. The van der Waals surface area contributed by atoms with Gasteiger partial charge in [0, 0.05) is 4.88 Å². The molecule has 3 heteroatoms. The van der Waals surface area contributed by atoms with Crippen molar-refractivity contribution in [2.24, 2.45) is 10.6 Å².